The quantitative estimate of drug-likeness (QED) is 0.612. The highest BCUT2D eigenvalue weighted by Crippen LogP contribution is 2.32. The maximum Gasteiger partial charge on any atom is 0.319 e. The van der Waals surface area contributed by atoms with Crippen molar-refractivity contribution in [3.63, 3.8) is 0 Å². The Bertz CT molecular complexity index is 1120. The van der Waals surface area contributed by atoms with Crippen LogP contribution in [-0.4, -0.2) is 63.0 Å². The third-order valence-electron chi connectivity index (χ3n) is 5.99. The van der Waals surface area contributed by atoms with Gasteiger partial charge in [0.2, 0.25) is 0 Å². The minimum Gasteiger partial charge on any atom is -0.377 e. The van der Waals surface area contributed by atoms with E-state index in [1.165, 1.54) is 6.26 Å². The van der Waals surface area contributed by atoms with Crippen LogP contribution >= 0.6 is 0 Å². The van der Waals surface area contributed by atoms with Crippen LogP contribution in [0.5, 0.6) is 0 Å². The number of ether oxygens (including phenoxy) is 1. The van der Waals surface area contributed by atoms with Crippen molar-refractivity contribution in [3.8, 4) is 11.4 Å². The Hall–Kier alpha value is -2.72. The number of aromatic nitrogens is 2. The molecule has 186 valence electrons. The molecule has 0 bridgehead atoms. The summed E-state index contributed by atoms with van der Waals surface area (Å²) in [5.41, 5.74) is 1.80. The number of carbonyl (C=O) groups excluding carboxylic acids is 1. The van der Waals surface area contributed by atoms with Crippen molar-refractivity contribution in [1.29, 1.82) is 0 Å². The Balaban J connectivity index is 1.96. The molecule has 34 heavy (non-hydrogen) atoms. The van der Waals surface area contributed by atoms with E-state index in [2.05, 4.69) is 20.5 Å². The summed E-state index contributed by atoms with van der Waals surface area (Å²) in [6.07, 6.45) is 1.22. The fourth-order valence-electron chi connectivity index (χ4n) is 3.45. The first-order chi connectivity index (χ1) is 15.9. The van der Waals surface area contributed by atoms with Crippen molar-refractivity contribution < 1.29 is 17.9 Å². The highest BCUT2D eigenvalue weighted by molar-refractivity contribution is 7.91. The molecule has 10 heteroatoms. The lowest BCUT2D eigenvalue weighted by Gasteiger charge is -2.35. The van der Waals surface area contributed by atoms with Gasteiger partial charge in [-0.3, -0.25) is 0 Å². The first-order valence-electron chi connectivity index (χ1n) is 11.5. The first-order valence-corrected chi connectivity index (χ1v) is 13.4. The molecule has 3 rings (SSSR count). The molecule has 1 atom stereocenters. The van der Waals surface area contributed by atoms with Gasteiger partial charge in [-0.25, -0.2) is 23.2 Å². The molecule has 1 aromatic heterocycles. The molecule has 9 nitrogen and oxygen atoms in total. The Morgan fingerprint density at radius 2 is 1.91 bits per heavy atom. The zero-order valence-corrected chi connectivity index (χ0v) is 21.6. The van der Waals surface area contributed by atoms with E-state index in [0.717, 1.165) is 5.56 Å². The standard InChI is InChI=1S/C24H35N5O4S/c1-16(2)14-25-23(30)26-19-9-7-18(8-10-19)22-27-20(24(4,5)34(6,31)32)13-21(28-22)29-11-12-33-15-17(29)3/h7-10,13,16-17H,11-12,14-15H2,1-6H3,(H2,25,26,30)/t17-/m0/s1. The number of rotatable bonds is 7. The van der Waals surface area contributed by atoms with Crippen LogP contribution in [0.1, 0.15) is 40.3 Å². The molecule has 0 radical (unpaired) electrons. The Morgan fingerprint density at radius 3 is 2.50 bits per heavy atom. The van der Waals surface area contributed by atoms with Gasteiger partial charge < -0.3 is 20.3 Å². The molecule has 1 aliphatic rings. The summed E-state index contributed by atoms with van der Waals surface area (Å²) in [6.45, 7) is 11.8. The summed E-state index contributed by atoms with van der Waals surface area (Å²) in [7, 11) is -3.44. The highest BCUT2D eigenvalue weighted by Gasteiger charge is 2.35. The monoisotopic (exact) mass is 489 g/mol. The topological polar surface area (TPSA) is 114 Å². The van der Waals surface area contributed by atoms with E-state index in [-0.39, 0.29) is 12.1 Å². The van der Waals surface area contributed by atoms with Gasteiger partial charge in [-0.15, -0.1) is 0 Å². The van der Waals surface area contributed by atoms with Crippen LogP contribution in [0.2, 0.25) is 0 Å². The van der Waals surface area contributed by atoms with E-state index in [4.69, 9.17) is 9.72 Å². The number of morpholine rings is 1. The van der Waals surface area contributed by atoms with Gasteiger partial charge in [0.1, 0.15) is 10.6 Å². The Morgan fingerprint density at radius 1 is 1.24 bits per heavy atom. The molecule has 2 amide bonds. The van der Waals surface area contributed by atoms with Crippen molar-refractivity contribution in [1.82, 2.24) is 15.3 Å². The SMILES string of the molecule is CC(C)CNC(=O)Nc1ccc(-c2nc(N3CCOC[C@@H]3C)cc(C(C)(C)S(C)(=O)=O)n2)cc1. The average Bonchev–Trinajstić information content (AvgIpc) is 2.77. The number of benzene rings is 1. The molecule has 0 unspecified atom stereocenters. The van der Waals surface area contributed by atoms with Crippen molar-refractivity contribution in [2.45, 2.75) is 45.4 Å². The fraction of sp³-hybridized carbons (Fsp3) is 0.542. The summed E-state index contributed by atoms with van der Waals surface area (Å²) < 4.78 is 29.5. The lowest BCUT2D eigenvalue weighted by molar-refractivity contribution is 0.0985. The second kappa shape index (κ2) is 10.3. The number of hydrogen-bond acceptors (Lipinski definition) is 7. The van der Waals surface area contributed by atoms with E-state index in [9.17, 15) is 13.2 Å². The van der Waals surface area contributed by atoms with Crippen LogP contribution in [0, 0.1) is 5.92 Å². The van der Waals surface area contributed by atoms with Gasteiger partial charge in [-0.05, 0) is 51.0 Å². The normalized spacial score (nSPS) is 17.0. The maximum atomic E-state index is 12.6. The lowest BCUT2D eigenvalue weighted by Crippen LogP contribution is -2.44. The highest BCUT2D eigenvalue weighted by atomic mass is 32.2. The van der Waals surface area contributed by atoms with Crippen molar-refractivity contribution in [2.75, 3.05) is 42.8 Å². The average molecular weight is 490 g/mol. The number of carbonyl (C=O) groups is 1. The number of anilines is 2. The van der Waals surface area contributed by atoms with E-state index in [1.54, 1.807) is 32.0 Å². The van der Waals surface area contributed by atoms with Gasteiger partial charge in [-0.1, -0.05) is 13.8 Å². The van der Waals surface area contributed by atoms with Crippen molar-refractivity contribution in [2.24, 2.45) is 5.92 Å². The summed E-state index contributed by atoms with van der Waals surface area (Å²) >= 11 is 0. The second-order valence-corrected chi connectivity index (χ2v) is 12.2. The predicted molar refractivity (Wildman–Crippen MR) is 135 cm³/mol. The fourth-order valence-corrected chi connectivity index (χ4v) is 3.94. The first kappa shape index (κ1) is 25.9. The third kappa shape index (κ3) is 6.04. The predicted octanol–water partition coefficient (Wildman–Crippen LogP) is 3.43. The number of sulfone groups is 1. The van der Waals surface area contributed by atoms with Crippen molar-refractivity contribution >= 4 is 27.4 Å². The Labute approximate surface area is 202 Å². The molecular weight excluding hydrogens is 454 g/mol. The molecule has 2 aromatic rings. The molecule has 0 aliphatic carbocycles. The molecule has 1 aromatic carbocycles. The van der Waals surface area contributed by atoms with Gasteiger partial charge in [0, 0.05) is 36.7 Å². The minimum absolute atomic E-state index is 0.0987. The minimum atomic E-state index is -3.44. The molecule has 0 saturated carbocycles. The van der Waals surface area contributed by atoms with Gasteiger partial charge in [-0.2, -0.15) is 0 Å². The molecule has 2 N–H and O–H groups in total. The summed E-state index contributed by atoms with van der Waals surface area (Å²) in [5, 5.41) is 5.62. The van der Waals surface area contributed by atoms with Crippen LogP contribution in [0.25, 0.3) is 11.4 Å². The van der Waals surface area contributed by atoms with E-state index in [1.807, 2.05) is 32.9 Å². The zero-order valence-electron chi connectivity index (χ0n) is 20.8. The third-order valence-corrected chi connectivity index (χ3v) is 8.05. The number of hydrogen-bond donors (Lipinski definition) is 2. The smallest absolute Gasteiger partial charge is 0.319 e. The number of nitrogens with zero attached hydrogens (tertiary/aromatic N) is 3. The lowest BCUT2D eigenvalue weighted by atomic mass is 10.1. The summed E-state index contributed by atoms with van der Waals surface area (Å²) in [5.74, 6) is 1.46. The van der Waals surface area contributed by atoms with E-state index in [0.29, 0.717) is 55.2 Å². The van der Waals surface area contributed by atoms with Crippen LogP contribution in [-0.2, 0) is 19.3 Å². The van der Waals surface area contributed by atoms with Gasteiger partial charge in [0.05, 0.1) is 24.9 Å². The molecule has 0 spiro atoms. The maximum absolute atomic E-state index is 12.6. The van der Waals surface area contributed by atoms with Gasteiger partial charge >= 0.3 is 6.03 Å². The van der Waals surface area contributed by atoms with Crippen molar-refractivity contribution in [3.05, 3.63) is 36.0 Å². The van der Waals surface area contributed by atoms with E-state index >= 15 is 0 Å². The van der Waals surface area contributed by atoms with Crippen LogP contribution in [0.15, 0.2) is 30.3 Å². The summed E-state index contributed by atoms with van der Waals surface area (Å²) in [6, 6.07) is 8.79. The number of amides is 2. The molecule has 1 aliphatic heterocycles. The molecule has 1 saturated heterocycles. The van der Waals surface area contributed by atoms with Crippen LogP contribution in [0.4, 0.5) is 16.3 Å². The van der Waals surface area contributed by atoms with Gasteiger partial charge in [0.15, 0.2) is 15.7 Å². The van der Waals surface area contributed by atoms with Crippen LogP contribution < -0.4 is 15.5 Å². The van der Waals surface area contributed by atoms with E-state index < -0.39 is 14.6 Å². The Kier molecular flexibility index (Phi) is 7.82. The zero-order chi connectivity index (χ0) is 25.1. The largest absolute Gasteiger partial charge is 0.377 e. The number of urea groups is 1. The summed E-state index contributed by atoms with van der Waals surface area (Å²) in [4.78, 5) is 23.6. The molecule has 2 heterocycles. The van der Waals surface area contributed by atoms with Gasteiger partial charge in [0.25, 0.3) is 0 Å². The molecule has 1 fully saturated rings. The van der Waals surface area contributed by atoms with Crippen LogP contribution in [0.3, 0.4) is 0 Å². The molecular formula is C24H35N5O4S. The second-order valence-electron chi connectivity index (χ2n) is 9.64. The number of nitrogens with one attached hydrogen (secondary N) is 2.